The summed E-state index contributed by atoms with van der Waals surface area (Å²) in [6.45, 7) is 4.63. The molecule has 2 aromatic heterocycles. The fraction of sp³-hybridized carbons (Fsp3) is 0.296. The molecule has 1 fully saturated rings. The minimum Gasteiger partial charge on any atom is -0.358 e. The Morgan fingerprint density at radius 3 is 2.50 bits per heavy atom. The Bertz CT molecular complexity index is 1090. The highest BCUT2D eigenvalue weighted by molar-refractivity contribution is 5.85. The lowest BCUT2D eigenvalue weighted by Gasteiger charge is -2.35. The number of para-hydroxylation sites is 1. The number of likely N-dealkylation sites (tertiary alicyclic amines) is 1. The first kappa shape index (κ1) is 19.1. The molecule has 0 spiro atoms. The van der Waals surface area contributed by atoms with Crippen molar-refractivity contribution in [3.05, 3.63) is 102 Å². The first-order valence-electron chi connectivity index (χ1n) is 11.1. The zero-order valence-electron chi connectivity index (χ0n) is 17.6. The fourth-order valence-corrected chi connectivity index (χ4v) is 5.31. The van der Waals surface area contributed by atoms with Crippen LogP contribution in [0.5, 0.6) is 0 Å². The summed E-state index contributed by atoms with van der Waals surface area (Å²) < 4.78 is 0. The number of quaternary nitrogens is 1. The summed E-state index contributed by atoms with van der Waals surface area (Å²) in [7, 11) is 0. The van der Waals surface area contributed by atoms with Crippen LogP contribution in [0.1, 0.15) is 41.3 Å². The second-order valence-electron chi connectivity index (χ2n) is 8.72. The molecular formula is C27H30N3+. The highest BCUT2D eigenvalue weighted by Crippen LogP contribution is 2.31. The van der Waals surface area contributed by atoms with Crippen LogP contribution in [0.4, 0.5) is 0 Å². The van der Waals surface area contributed by atoms with Crippen LogP contribution in [0.2, 0.25) is 0 Å². The molecule has 1 atom stereocenters. The molecule has 1 aliphatic rings. The number of aryl methyl sites for hydroxylation is 1. The molecular weight excluding hydrogens is 366 g/mol. The molecule has 0 amide bonds. The second kappa shape index (κ2) is 8.45. The molecule has 5 rings (SSSR count). The number of aromatic nitrogens is 2. The van der Waals surface area contributed by atoms with Crippen molar-refractivity contribution in [3.63, 3.8) is 0 Å². The van der Waals surface area contributed by atoms with Crippen LogP contribution in [0, 0.1) is 12.8 Å². The number of piperidine rings is 1. The van der Waals surface area contributed by atoms with Crippen molar-refractivity contribution < 1.29 is 4.90 Å². The molecule has 3 nitrogen and oxygen atoms in total. The quantitative estimate of drug-likeness (QED) is 0.512. The molecule has 0 unspecified atom stereocenters. The van der Waals surface area contributed by atoms with E-state index in [4.69, 9.17) is 0 Å². The molecule has 0 bridgehead atoms. The molecule has 1 saturated heterocycles. The average molecular weight is 397 g/mol. The predicted molar refractivity (Wildman–Crippen MR) is 123 cm³/mol. The lowest BCUT2D eigenvalue weighted by Crippen LogP contribution is -3.13. The smallest absolute Gasteiger partial charge is 0.143 e. The third-order valence-electron chi connectivity index (χ3n) is 6.77. The summed E-state index contributed by atoms with van der Waals surface area (Å²) >= 11 is 0. The highest BCUT2D eigenvalue weighted by Gasteiger charge is 2.33. The Kier molecular flexibility index (Phi) is 5.37. The van der Waals surface area contributed by atoms with Gasteiger partial charge in [-0.3, -0.25) is 4.98 Å². The van der Waals surface area contributed by atoms with E-state index in [9.17, 15) is 0 Å². The number of nitrogens with zero attached hydrogens (tertiary/aromatic N) is 1. The van der Waals surface area contributed by atoms with Gasteiger partial charge in [0.15, 0.2) is 0 Å². The minimum absolute atomic E-state index is 0.326. The van der Waals surface area contributed by atoms with Gasteiger partial charge < -0.3 is 9.88 Å². The largest absolute Gasteiger partial charge is 0.358 e. The molecule has 2 N–H and O–H groups in total. The Labute approximate surface area is 178 Å². The predicted octanol–water partition coefficient (Wildman–Crippen LogP) is 4.50. The van der Waals surface area contributed by atoms with Gasteiger partial charge in [0.2, 0.25) is 0 Å². The van der Waals surface area contributed by atoms with Gasteiger partial charge in [0.25, 0.3) is 0 Å². The SMILES string of the molecule is Cc1[nH]c2ccccc2c1[C@H](c1cccnc1)[NH+]1CCC(Cc2ccccc2)CC1. The zero-order valence-corrected chi connectivity index (χ0v) is 17.6. The van der Waals surface area contributed by atoms with Gasteiger partial charge in [-0.05, 0) is 55.9 Å². The maximum absolute atomic E-state index is 4.47. The number of fused-ring (bicyclic) bond motifs is 1. The van der Waals surface area contributed by atoms with Gasteiger partial charge in [-0.15, -0.1) is 0 Å². The lowest BCUT2D eigenvalue weighted by molar-refractivity contribution is -0.931. The van der Waals surface area contributed by atoms with E-state index in [0.717, 1.165) is 5.92 Å². The molecule has 3 heterocycles. The number of hydrogen-bond donors (Lipinski definition) is 2. The first-order valence-corrected chi connectivity index (χ1v) is 11.1. The van der Waals surface area contributed by atoms with Gasteiger partial charge in [-0.1, -0.05) is 48.5 Å². The third kappa shape index (κ3) is 3.78. The van der Waals surface area contributed by atoms with Gasteiger partial charge in [0, 0.05) is 40.1 Å². The van der Waals surface area contributed by atoms with Crippen molar-refractivity contribution in [2.24, 2.45) is 5.92 Å². The van der Waals surface area contributed by atoms with Crippen molar-refractivity contribution in [1.29, 1.82) is 0 Å². The van der Waals surface area contributed by atoms with Crippen molar-refractivity contribution in [2.75, 3.05) is 13.1 Å². The van der Waals surface area contributed by atoms with Crippen LogP contribution >= 0.6 is 0 Å². The Morgan fingerprint density at radius 2 is 1.73 bits per heavy atom. The van der Waals surface area contributed by atoms with Crippen LogP contribution < -0.4 is 4.90 Å². The van der Waals surface area contributed by atoms with E-state index in [-0.39, 0.29) is 0 Å². The molecule has 0 radical (unpaired) electrons. The van der Waals surface area contributed by atoms with Gasteiger partial charge in [-0.25, -0.2) is 0 Å². The van der Waals surface area contributed by atoms with E-state index in [0.29, 0.717) is 6.04 Å². The van der Waals surface area contributed by atoms with Gasteiger partial charge in [0.1, 0.15) is 6.04 Å². The molecule has 3 heteroatoms. The second-order valence-corrected chi connectivity index (χ2v) is 8.72. The van der Waals surface area contributed by atoms with Crippen molar-refractivity contribution in [3.8, 4) is 0 Å². The van der Waals surface area contributed by atoms with Crippen molar-refractivity contribution in [2.45, 2.75) is 32.2 Å². The van der Waals surface area contributed by atoms with E-state index in [1.165, 1.54) is 65.6 Å². The average Bonchev–Trinajstić information content (AvgIpc) is 3.12. The fourth-order valence-electron chi connectivity index (χ4n) is 5.31. The molecule has 4 aromatic rings. The normalized spacial score (nSPS) is 20.3. The van der Waals surface area contributed by atoms with E-state index in [2.05, 4.69) is 89.8 Å². The van der Waals surface area contributed by atoms with Crippen LogP contribution in [-0.4, -0.2) is 23.1 Å². The number of H-pyrrole nitrogens is 1. The summed E-state index contributed by atoms with van der Waals surface area (Å²) in [5.74, 6) is 0.787. The van der Waals surface area contributed by atoms with Gasteiger partial charge in [0.05, 0.1) is 13.1 Å². The molecule has 0 aliphatic carbocycles. The van der Waals surface area contributed by atoms with Gasteiger partial charge in [-0.2, -0.15) is 0 Å². The maximum atomic E-state index is 4.47. The Hall–Kier alpha value is -2.91. The minimum atomic E-state index is 0.326. The molecule has 0 saturated carbocycles. The maximum Gasteiger partial charge on any atom is 0.143 e. The highest BCUT2D eigenvalue weighted by atomic mass is 15.2. The van der Waals surface area contributed by atoms with Crippen molar-refractivity contribution >= 4 is 10.9 Å². The lowest BCUT2D eigenvalue weighted by atomic mass is 9.87. The van der Waals surface area contributed by atoms with Crippen LogP contribution in [0.25, 0.3) is 10.9 Å². The number of nitrogens with one attached hydrogen (secondary N) is 2. The topological polar surface area (TPSA) is 33.1 Å². The Morgan fingerprint density at radius 1 is 0.967 bits per heavy atom. The summed E-state index contributed by atoms with van der Waals surface area (Å²) in [5, 5.41) is 1.35. The van der Waals surface area contributed by atoms with Crippen LogP contribution in [-0.2, 0) is 6.42 Å². The summed E-state index contributed by atoms with van der Waals surface area (Å²) in [6.07, 6.45) is 7.71. The van der Waals surface area contributed by atoms with E-state index in [1.54, 1.807) is 4.90 Å². The summed E-state index contributed by atoms with van der Waals surface area (Å²) in [5.41, 5.74) is 6.75. The number of aromatic amines is 1. The van der Waals surface area contributed by atoms with E-state index >= 15 is 0 Å². The number of benzene rings is 2. The molecule has 30 heavy (non-hydrogen) atoms. The third-order valence-corrected chi connectivity index (χ3v) is 6.77. The van der Waals surface area contributed by atoms with E-state index < -0.39 is 0 Å². The van der Waals surface area contributed by atoms with Crippen LogP contribution in [0.3, 0.4) is 0 Å². The monoisotopic (exact) mass is 396 g/mol. The van der Waals surface area contributed by atoms with E-state index in [1.807, 2.05) is 6.20 Å². The number of hydrogen-bond acceptors (Lipinski definition) is 1. The standard InChI is InChI=1S/C27H29N3/c1-20-26(24-11-5-6-12-25(24)29-20)27(23-10-7-15-28-19-23)30-16-13-22(14-17-30)18-21-8-3-2-4-9-21/h2-12,15,19,22,27,29H,13-14,16-18H2,1H3/p+1/t27-/m0/s1. The summed E-state index contributed by atoms with van der Waals surface area (Å²) in [6, 6.07) is 24.3. The van der Waals surface area contributed by atoms with Crippen LogP contribution in [0.15, 0.2) is 79.1 Å². The molecule has 152 valence electrons. The Balaban J connectivity index is 1.43. The molecule has 1 aliphatic heterocycles. The zero-order chi connectivity index (χ0) is 20.3. The van der Waals surface area contributed by atoms with Crippen molar-refractivity contribution in [1.82, 2.24) is 9.97 Å². The first-order chi connectivity index (χ1) is 14.8. The molecule has 2 aromatic carbocycles. The number of rotatable bonds is 5. The number of pyridine rings is 1. The summed E-state index contributed by atoms with van der Waals surface area (Å²) in [4.78, 5) is 9.76. The van der Waals surface area contributed by atoms with Gasteiger partial charge >= 0.3 is 0 Å².